The van der Waals surface area contributed by atoms with Crippen LogP contribution in [0.25, 0.3) is 0 Å². The third-order valence-corrected chi connectivity index (χ3v) is 2.43. The van der Waals surface area contributed by atoms with Gasteiger partial charge in [-0.3, -0.25) is 4.79 Å². The molecular formula is C8H11KN2O3S. The summed E-state index contributed by atoms with van der Waals surface area (Å²) in [4.78, 5) is 10.7. The molecule has 3 N–H and O–H groups in total. The van der Waals surface area contributed by atoms with Crippen molar-refractivity contribution >= 4 is 21.6 Å². The molecular weight excluding hydrogens is 243 g/mol. The number of nitrogens with two attached hydrogens (primary N) is 1. The Morgan fingerprint density at radius 3 is 2.13 bits per heavy atom. The van der Waals surface area contributed by atoms with Gasteiger partial charge in [-0.05, 0) is 24.3 Å². The molecule has 0 heterocycles. The number of hydrogen-bond acceptors (Lipinski definition) is 3. The van der Waals surface area contributed by atoms with E-state index in [0.717, 1.165) is 0 Å². The van der Waals surface area contributed by atoms with Crippen molar-refractivity contribution in [3.05, 3.63) is 24.3 Å². The molecule has 0 saturated heterocycles. The van der Waals surface area contributed by atoms with E-state index in [4.69, 9.17) is 5.14 Å². The Bertz CT molecular complexity index is 447. The number of sulfonamides is 1. The molecule has 1 rings (SSSR count). The molecule has 0 saturated carbocycles. The summed E-state index contributed by atoms with van der Waals surface area (Å²) in [5.74, 6) is -0.214. The molecule has 0 atom stereocenters. The zero-order valence-electron chi connectivity index (χ0n) is 9.52. The van der Waals surface area contributed by atoms with E-state index in [1.54, 1.807) is 0 Å². The topological polar surface area (TPSA) is 89.3 Å². The number of carbonyl (C=O) groups excluding carboxylic acids is 1. The zero-order valence-corrected chi connectivity index (χ0v) is 12.5. The predicted octanol–water partition coefficient (Wildman–Crippen LogP) is -2.59. The average Bonchev–Trinajstić information content (AvgIpc) is 2.02. The molecule has 0 aliphatic heterocycles. The number of anilines is 1. The van der Waals surface area contributed by atoms with E-state index < -0.39 is 10.0 Å². The zero-order chi connectivity index (χ0) is 10.8. The fraction of sp³-hybridized carbons (Fsp3) is 0.125. The molecule has 7 heteroatoms. The van der Waals surface area contributed by atoms with Crippen LogP contribution in [-0.2, 0) is 14.8 Å². The van der Waals surface area contributed by atoms with Crippen LogP contribution in [0.2, 0.25) is 0 Å². The SMILES string of the molecule is CC(=O)Nc1ccc(S(N)(=O)=O)cc1.[H-].[K+]. The van der Waals surface area contributed by atoms with Crippen molar-refractivity contribution in [2.45, 2.75) is 11.8 Å². The fourth-order valence-corrected chi connectivity index (χ4v) is 1.45. The van der Waals surface area contributed by atoms with Gasteiger partial charge >= 0.3 is 51.4 Å². The molecule has 0 aromatic heterocycles. The van der Waals surface area contributed by atoms with Crippen molar-refractivity contribution < 1.29 is 66.0 Å². The van der Waals surface area contributed by atoms with Crippen LogP contribution in [0, 0.1) is 0 Å². The maximum Gasteiger partial charge on any atom is 1.00 e. The van der Waals surface area contributed by atoms with Crippen molar-refractivity contribution in [1.29, 1.82) is 0 Å². The van der Waals surface area contributed by atoms with Gasteiger partial charge in [0.15, 0.2) is 0 Å². The Morgan fingerprint density at radius 1 is 1.33 bits per heavy atom. The Balaban J connectivity index is 0. The van der Waals surface area contributed by atoms with Gasteiger partial charge in [0.25, 0.3) is 0 Å². The summed E-state index contributed by atoms with van der Waals surface area (Å²) in [5.41, 5.74) is 0.532. The molecule has 0 bridgehead atoms. The van der Waals surface area contributed by atoms with Gasteiger partial charge in [-0.25, -0.2) is 13.6 Å². The van der Waals surface area contributed by atoms with Crippen molar-refractivity contribution in [3.8, 4) is 0 Å². The van der Waals surface area contributed by atoms with Gasteiger partial charge in [-0.1, -0.05) is 0 Å². The van der Waals surface area contributed by atoms with Gasteiger partial charge < -0.3 is 6.74 Å². The van der Waals surface area contributed by atoms with Gasteiger partial charge in [0.1, 0.15) is 0 Å². The molecule has 0 aliphatic rings. The summed E-state index contributed by atoms with van der Waals surface area (Å²) in [7, 11) is -3.66. The van der Waals surface area contributed by atoms with Crippen LogP contribution in [0.1, 0.15) is 8.35 Å². The minimum Gasteiger partial charge on any atom is -1.00 e. The first-order chi connectivity index (χ1) is 6.39. The molecule has 0 aliphatic carbocycles. The van der Waals surface area contributed by atoms with Crippen molar-refractivity contribution in [2.24, 2.45) is 5.14 Å². The third kappa shape index (κ3) is 5.21. The quantitative estimate of drug-likeness (QED) is 0.568. The van der Waals surface area contributed by atoms with Gasteiger partial charge in [-0.2, -0.15) is 0 Å². The Morgan fingerprint density at radius 2 is 1.80 bits per heavy atom. The maximum absolute atomic E-state index is 10.9. The molecule has 78 valence electrons. The van der Waals surface area contributed by atoms with E-state index in [-0.39, 0.29) is 63.6 Å². The van der Waals surface area contributed by atoms with Gasteiger partial charge in [0, 0.05) is 12.6 Å². The van der Waals surface area contributed by atoms with Crippen LogP contribution >= 0.6 is 0 Å². The fourth-order valence-electron chi connectivity index (χ4n) is 0.931. The molecule has 0 fully saturated rings. The molecule has 1 amide bonds. The van der Waals surface area contributed by atoms with E-state index in [0.29, 0.717) is 5.69 Å². The van der Waals surface area contributed by atoms with E-state index in [2.05, 4.69) is 5.32 Å². The predicted molar refractivity (Wildman–Crippen MR) is 53.2 cm³/mol. The second-order valence-corrected chi connectivity index (χ2v) is 4.31. The van der Waals surface area contributed by atoms with Crippen LogP contribution in [-0.4, -0.2) is 14.3 Å². The van der Waals surface area contributed by atoms with Gasteiger partial charge in [0.2, 0.25) is 15.9 Å². The number of primary sulfonamides is 1. The number of hydrogen-bond donors (Lipinski definition) is 2. The first-order valence-electron chi connectivity index (χ1n) is 3.80. The molecule has 0 spiro atoms. The molecule has 1 aromatic carbocycles. The monoisotopic (exact) mass is 254 g/mol. The number of rotatable bonds is 2. The first-order valence-corrected chi connectivity index (χ1v) is 5.34. The second kappa shape index (κ2) is 6.09. The van der Waals surface area contributed by atoms with E-state index in [1.165, 1.54) is 31.2 Å². The van der Waals surface area contributed by atoms with Crippen LogP contribution < -0.4 is 61.8 Å². The summed E-state index contributed by atoms with van der Waals surface area (Å²) in [6.45, 7) is 1.37. The normalized spacial score (nSPS) is 10.3. The largest absolute Gasteiger partial charge is 1.00 e. The van der Waals surface area contributed by atoms with Crippen LogP contribution in [0.15, 0.2) is 29.2 Å². The van der Waals surface area contributed by atoms with Crippen LogP contribution in [0.3, 0.4) is 0 Å². The number of carbonyl (C=O) groups is 1. The number of amides is 1. The Hall–Kier alpha value is 0.236. The average molecular weight is 254 g/mol. The van der Waals surface area contributed by atoms with E-state index in [1.807, 2.05) is 0 Å². The number of benzene rings is 1. The van der Waals surface area contributed by atoms with Crippen molar-refractivity contribution in [2.75, 3.05) is 5.32 Å². The van der Waals surface area contributed by atoms with Crippen molar-refractivity contribution in [3.63, 3.8) is 0 Å². The minimum atomic E-state index is -3.66. The van der Waals surface area contributed by atoms with E-state index in [9.17, 15) is 13.2 Å². The van der Waals surface area contributed by atoms with Gasteiger partial charge in [0.05, 0.1) is 4.90 Å². The first kappa shape index (κ1) is 15.2. The van der Waals surface area contributed by atoms with Crippen LogP contribution in [0.4, 0.5) is 5.69 Å². The maximum atomic E-state index is 10.9. The summed E-state index contributed by atoms with van der Waals surface area (Å²) < 4.78 is 21.7. The Labute approximate surface area is 132 Å². The second-order valence-electron chi connectivity index (χ2n) is 2.75. The summed E-state index contributed by atoms with van der Waals surface area (Å²) in [5, 5.41) is 7.40. The summed E-state index contributed by atoms with van der Waals surface area (Å²) >= 11 is 0. The molecule has 1 aromatic rings. The van der Waals surface area contributed by atoms with Crippen molar-refractivity contribution in [1.82, 2.24) is 0 Å². The smallest absolute Gasteiger partial charge is 1.00 e. The standard InChI is InChI=1S/C8H10N2O3S.K.H/c1-6(11)10-7-2-4-8(5-3-7)14(9,12)13;;/h2-5H,1H3,(H,10,11)(H2,9,12,13);;/q;+1;-1. The summed E-state index contributed by atoms with van der Waals surface area (Å²) in [6, 6.07) is 5.61. The van der Waals surface area contributed by atoms with Crippen LogP contribution in [0.5, 0.6) is 0 Å². The molecule has 0 radical (unpaired) electrons. The minimum absolute atomic E-state index is 0. The molecule has 0 unspecified atom stereocenters. The Kier molecular flexibility index (Phi) is 6.19. The third-order valence-electron chi connectivity index (χ3n) is 1.50. The number of nitrogens with one attached hydrogen (secondary N) is 1. The van der Waals surface area contributed by atoms with E-state index >= 15 is 0 Å². The summed E-state index contributed by atoms with van der Waals surface area (Å²) in [6.07, 6.45) is 0. The molecule has 5 nitrogen and oxygen atoms in total. The molecule has 15 heavy (non-hydrogen) atoms. The van der Waals surface area contributed by atoms with Gasteiger partial charge in [-0.15, -0.1) is 0 Å².